The van der Waals surface area contributed by atoms with Crippen molar-refractivity contribution in [2.75, 3.05) is 19.1 Å². The van der Waals surface area contributed by atoms with E-state index in [1.165, 1.54) is 0 Å². The van der Waals surface area contributed by atoms with Crippen LogP contribution < -0.4 is 19.7 Å². The van der Waals surface area contributed by atoms with Gasteiger partial charge in [-0.25, -0.2) is 0 Å². The smallest absolute Gasteiger partial charge is 0.227 e. The highest BCUT2D eigenvalue weighted by Crippen LogP contribution is 2.41. The molecule has 4 rings (SSSR count). The molecule has 0 saturated carbocycles. The number of nitrogens with one attached hydrogen (secondary N) is 1. The number of benzene rings is 2. The SMILES string of the molecule is COc1ccc([C@@H]2[C@H](C(=O)NCc3ccco3)CCC(=O)N2c2ccc(OC)cc2)cc1. The fourth-order valence-electron chi connectivity index (χ4n) is 4.12. The highest BCUT2D eigenvalue weighted by Gasteiger charge is 2.41. The first kappa shape index (κ1) is 21.5. The van der Waals surface area contributed by atoms with Crippen LogP contribution in [0.4, 0.5) is 5.69 Å². The van der Waals surface area contributed by atoms with Crippen molar-refractivity contribution >= 4 is 17.5 Å². The molecule has 2 heterocycles. The molecule has 2 atom stereocenters. The van der Waals surface area contributed by atoms with E-state index in [0.717, 1.165) is 11.3 Å². The monoisotopic (exact) mass is 434 g/mol. The number of rotatable bonds is 7. The maximum atomic E-state index is 13.2. The van der Waals surface area contributed by atoms with Crippen LogP contribution in [0, 0.1) is 5.92 Å². The highest BCUT2D eigenvalue weighted by molar-refractivity contribution is 5.97. The average molecular weight is 434 g/mol. The van der Waals surface area contributed by atoms with Gasteiger partial charge in [-0.05, 0) is 60.5 Å². The Morgan fingerprint density at radius 3 is 2.28 bits per heavy atom. The molecule has 1 saturated heterocycles. The first-order valence-corrected chi connectivity index (χ1v) is 10.5. The lowest BCUT2D eigenvalue weighted by Gasteiger charge is -2.41. The van der Waals surface area contributed by atoms with Crippen LogP contribution in [-0.4, -0.2) is 26.0 Å². The second kappa shape index (κ2) is 9.60. The number of methoxy groups -OCH3 is 2. The standard InChI is InChI=1S/C25H26N2O5/c1-30-19-9-5-17(6-10-19)24-22(25(29)26-16-21-4-3-15-32-21)13-14-23(28)27(24)18-7-11-20(31-2)12-8-18/h3-12,15,22,24H,13-14,16H2,1-2H3,(H,26,29)/t22-,24-/m1/s1. The molecule has 1 aliphatic heterocycles. The molecule has 1 fully saturated rings. The van der Waals surface area contributed by atoms with Crippen molar-refractivity contribution < 1.29 is 23.5 Å². The molecular weight excluding hydrogens is 408 g/mol. The van der Waals surface area contributed by atoms with Gasteiger partial charge in [-0.1, -0.05) is 12.1 Å². The van der Waals surface area contributed by atoms with E-state index >= 15 is 0 Å². The fourth-order valence-corrected chi connectivity index (χ4v) is 4.12. The van der Waals surface area contributed by atoms with Crippen LogP contribution in [0.25, 0.3) is 0 Å². The number of nitrogens with zero attached hydrogens (tertiary/aromatic N) is 1. The van der Waals surface area contributed by atoms with E-state index in [2.05, 4.69) is 5.32 Å². The summed E-state index contributed by atoms with van der Waals surface area (Å²) in [6.45, 7) is 0.300. The molecule has 0 unspecified atom stereocenters. The molecule has 3 aromatic rings. The van der Waals surface area contributed by atoms with Crippen LogP contribution in [0.2, 0.25) is 0 Å². The predicted molar refractivity (Wildman–Crippen MR) is 119 cm³/mol. The van der Waals surface area contributed by atoms with E-state index in [-0.39, 0.29) is 18.2 Å². The summed E-state index contributed by atoms with van der Waals surface area (Å²) in [5.41, 5.74) is 1.59. The molecule has 0 radical (unpaired) electrons. The zero-order valence-electron chi connectivity index (χ0n) is 18.1. The number of piperidine rings is 1. The van der Waals surface area contributed by atoms with Gasteiger partial charge >= 0.3 is 0 Å². The topological polar surface area (TPSA) is 81.0 Å². The van der Waals surface area contributed by atoms with E-state index in [1.807, 2.05) is 54.6 Å². The van der Waals surface area contributed by atoms with Gasteiger partial charge in [0.25, 0.3) is 0 Å². The van der Waals surface area contributed by atoms with Crippen LogP contribution >= 0.6 is 0 Å². The quantitative estimate of drug-likeness (QED) is 0.606. The summed E-state index contributed by atoms with van der Waals surface area (Å²) in [5.74, 6) is 1.54. The number of carbonyl (C=O) groups excluding carboxylic acids is 2. The summed E-state index contributed by atoms with van der Waals surface area (Å²) in [6, 6.07) is 18.0. The fraction of sp³-hybridized carbons (Fsp3) is 0.280. The summed E-state index contributed by atoms with van der Waals surface area (Å²) in [6.07, 6.45) is 2.33. The lowest BCUT2D eigenvalue weighted by molar-refractivity contribution is -0.129. The molecule has 7 heteroatoms. The van der Waals surface area contributed by atoms with Gasteiger partial charge < -0.3 is 24.1 Å². The van der Waals surface area contributed by atoms with Gasteiger partial charge in [-0.2, -0.15) is 0 Å². The van der Waals surface area contributed by atoms with Gasteiger partial charge in [0.2, 0.25) is 11.8 Å². The van der Waals surface area contributed by atoms with Gasteiger partial charge in [-0.15, -0.1) is 0 Å². The molecule has 0 aliphatic carbocycles. The van der Waals surface area contributed by atoms with Crippen LogP contribution in [0.3, 0.4) is 0 Å². The van der Waals surface area contributed by atoms with Crippen LogP contribution in [0.15, 0.2) is 71.3 Å². The molecule has 1 aliphatic rings. The van der Waals surface area contributed by atoms with E-state index < -0.39 is 12.0 Å². The number of carbonyl (C=O) groups is 2. The molecule has 2 aromatic carbocycles. The van der Waals surface area contributed by atoms with Crippen LogP contribution in [-0.2, 0) is 16.1 Å². The Kier molecular flexibility index (Phi) is 6.44. The highest BCUT2D eigenvalue weighted by atomic mass is 16.5. The Labute approximate surface area is 186 Å². The largest absolute Gasteiger partial charge is 0.497 e. The van der Waals surface area contributed by atoms with Crippen molar-refractivity contribution in [2.24, 2.45) is 5.92 Å². The van der Waals surface area contributed by atoms with Crippen LogP contribution in [0.1, 0.15) is 30.2 Å². The maximum absolute atomic E-state index is 13.2. The summed E-state index contributed by atoms with van der Waals surface area (Å²) in [4.78, 5) is 28.1. The third-order valence-electron chi connectivity index (χ3n) is 5.76. The van der Waals surface area contributed by atoms with E-state index in [1.54, 1.807) is 31.4 Å². The summed E-state index contributed by atoms with van der Waals surface area (Å²) < 4.78 is 15.9. The van der Waals surface area contributed by atoms with Crippen molar-refractivity contribution in [1.82, 2.24) is 5.32 Å². The normalized spacial score (nSPS) is 18.3. The second-order valence-corrected chi connectivity index (χ2v) is 7.62. The van der Waals surface area contributed by atoms with Crippen LogP contribution in [0.5, 0.6) is 11.5 Å². The Hall–Kier alpha value is -3.74. The molecule has 32 heavy (non-hydrogen) atoms. The minimum absolute atomic E-state index is 0.0222. The van der Waals surface area contributed by atoms with Gasteiger partial charge in [0, 0.05) is 12.1 Å². The number of hydrogen-bond acceptors (Lipinski definition) is 5. The zero-order valence-corrected chi connectivity index (χ0v) is 18.1. The number of amides is 2. The van der Waals surface area contributed by atoms with Gasteiger partial charge in [0.1, 0.15) is 17.3 Å². The summed E-state index contributed by atoms with van der Waals surface area (Å²) in [7, 11) is 3.20. The number of anilines is 1. The first-order valence-electron chi connectivity index (χ1n) is 10.5. The molecule has 166 valence electrons. The number of furan rings is 1. The van der Waals surface area contributed by atoms with Crippen molar-refractivity contribution in [3.63, 3.8) is 0 Å². The molecule has 1 N–H and O–H groups in total. The number of hydrogen-bond donors (Lipinski definition) is 1. The van der Waals surface area contributed by atoms with Gasteiger partial charge in [-0.3, -0.25) is 9.59 Å². The lowest BCUT2D eigenvalue weighted by atomic mass is 9.83. The molecule has 7 nitrogen and oxygen atoms in total. The lowest BCUT2D eigenvalue weighted by Crippen LogP contribution is -2.48. The minimum Gasteiger partial charge on any atom is -0.497 e. The molecule has 0 spiro atoms. The number of ether oxygens (including phenoxy) is 2. The third kappa shape index (κ3) is 4.46. The molecule has 2 amide bonds. The van der Waals surface area contributed by atoms with Gasteiger partial charge in [0.05, 0.1) is 39.0 Å². The Balaban J connectivity index is 1.68. The molecular formula is C25H26N2O5. The average Bonchev–Trinajstić information content (AvgIpc) is 3.36. The van der Waals surface area contributed by atoms with E-state index in [0.29, 0.717) is 30.2 Å². The van der Waals surface area contributed by atoms with E-state index in [9.17, 15) is 9.59 Å². The second-order valence-electron chi connectivity index (χ2n) is 7.62. The third-order valence-corrected chi connectivity index (χ3v) is 5.76. The van der Waals surface area contributed by atoms with Crippen molar-refractivity contribution in [2.45, 2.75) is 25.4 Å². The van der Waals surface area contributed by atoms with Crippen molar-refractivity contribution in [1.29, 1.82) is 0 Å². The Morgan fingerprint density at radius 1 is 1.03 bits per heavy atom. The first-order chi connectivity index (χ1) is 15.6. The Morgan fingerprint density at radius 2 is 1.69 bits per heavy atom. The minimum atomic E-state index is -0.452. The summed E-state index contributed by atoms with van der Waals surface area (Å²) >= 11 is 0. The predicted octanol–water partition coefficient (Wildman–Crippen LogP) is 4.10. The van der Waals surface area contributed by atoms with Crippen molar-refractivity contribution in [3.05, 3.63) is 78.3 Å². The van der Waals surface area contributed by atoms with Crippen molar-refractivity contribution in [3.8, 4) is 11.5 Å². The van der Waals surface area contributed by atoms with Gasteiger partial charge in [0.15, 0.2) is 0 Å². The molecule has 0 bridgehead atoms. The van der Waals surface area contributed by atoms with E-state index in [4.69, 9.17) is 13.9 Å². The summed E-state index contributed by atoms with van der Waals surface area (Å²) in [5, 5.41) is 2.97. The zero-order chi connectivity index (χ0) is 22.5. The molecule has 1 aromatic heterocycles. The maximum Gasteiger partial charge on any atom is 0.227 e. The Bertz CT molecular complexity index is 1040.